The number of aliphatic hydroxyl groups is 1. The van der Waals surface area contributed by atoms with Crippen LogP contribution in [0.5, 0.6) is 5.75 Å². The lowest BCUT2D eigenvalue weighted by Gasteiger charge is -2.36. The van der Waals surface area contributed by atoms with Crippen molar-refractivity contribution in [2.24, 2.45) is 5.92 Å². The molecule has 2 unspecified atom stereocenters. The Morgan fingerprint density at radius 2 is 1.96 bits per heavy atom. The molecule has 0 saturated carbocycles. The van der Waals surface area contributed by atoms with Gasteiger partial charge in [0, 0.05) is 25.6 Å². The SMILES string of the molecule is CCOc1ccc(CC2CN(Cc3ccccc3)CCC2O)cc1Br. The summed E-state index contributed by atoms with van der Waals surface area (Å²) in [6.45, 7) is 5.49. The van der Waals surface area contributed by atoms with Gasteiger partial charge < -0.3 is 9.84 Å². The van der Waals surface area contributed by atoms with Crippen molar-refractivity contribution in [3.8, 4) is 5.75 Å². The van der Waals surface area contributed by atoms with E-state index in [1.165, 1.54) is 11.1 Å². The topological polar surface area (TPSA) is 32.7 Å². The first kappa shape index (κ1) is 18.4. The summed E-state index contributed by atoms with van der Waals surface area (Å²) in [5.74, 6) is 1.14. The Bertz CT molecular complexity index is 677. The molecule has 2 atom stereocenters. The highest BCUT2D eigenvalue weighted by atomic mass is 79.9. The Kier molecular flexibility index (Phi) is 6.51. The van der Waals surface area contributed by atoms with E-state index in [9.17, 15) is 5.11 Å². The maximum Gasteiger partial charge on any atom is 0.133 e. The minimum absolute atomic E-state index is 0.225. The molecule has 1 N–H and O–H groups in total. The average molecular weight is 404 g/mol. The largest absolute Gasteiger partial charge is 0.493 e. The predicted molar refractivity (Wildman–Crippen MR) is 105 cm³/mol. The van der Waals surface area contributed by atoms with Crippen molar-refractivity contribution in [1.82, 2.24) is 4.90 Å². The first-order valence-electron chi connectivity index (χ1n) is 9.01. The molecule has 1 aliphatic rings. The number of likely N-dealkylation sites (tertiary alicyclic amines) is 1. The number of nitrogens with zero attached hydrogens (tertiary/aromatic N) is 1. The van der Waals surface area contributed by atoms with Crippen molar-refractivity contribution < 1.29 is 9.84 Å². The van der Waals surface area contributed by atoms with Crippen molar-refractivity contribution in [1.29, 1.82) is 0 Å². The zero-order valence-electron chi connectivity index (χ0n) is 14.7. The highest BCUT2D eigenvalue weighted by Crippen LogP contribution is 2.29. The van der Waals surface area contributed by atoms with Gasteiger partial charge in [-0.25, -0.2) is 0 Å². The van der Waals surface area contributed by atoms with Gasteiger partial charge in [0.1, 0.15) is 5.75 Å². The van der Waals surface area contributed by atoms with E-state index in [-0.39, 0.29) is 12.0 Å². The van der Waals surface area contributed by atoms with Crippen molar-refractivity contribution in [2.45, 2.75) is 32.4 Å². The average Bonchev–Trinajstić information content (AvgIpc) is 2.61. The summed E-state index contributed by atoms with van der Waals surface area (Å²) >= 11 is 3.59. The van der Waals surface area contributed by atoms with E-state index < -0.39 is 0 Å². The van der Waals surface area contributed by atoms with Crippen LogP contribution in [-0.4, -0.2) is 35.8 Å². The minimum Gasteiger partial charge on any atom is -0.493 e. The van der Waals surface area contributed by atoms with Crippen LogP contribution in [0.25, 0.3) is 0 Å². The lowest BCUT2D eigenvalue weighted by atomic mass is 9.88. The normalized spacial score (nSPS) is 21.2. The molecular formula is C21H26BrNO2. The van der Waals surface area contributed by atoms with Gasteiger partial charge in [-0.15, -0.1) is 0 Å². The molecule has 0 aliphatic carbocycles. The molecule has 2 aromatic carbocycles. The number of piperidine rings is 1. The molecule has 0 spiro atoms. The third-order valence-corrected chi connectivity index (χ3v) is 5.44. The van der Waals surface area contributed by atoms with Crippen LogP contribution < -0.4 is 4.74 Å². The fraction of sp³-hybridized carbons (Fsp3) is 0.429. The molecule has 1 heterocycles. The van der Waals surface area contributed by atoms with Gasteiger partial charge in [0.15, 0.2) is 0 Å². The van der Waals surface area contributed by atoms with Crippen LogP contribution in [0.1, 0.15) is 24.5 Å². The number of benzene rings is 2. The Hall–Kier alpha value is -1.36. The number of ether oxygens (including phenoxy) is 1. The first-order valence-corrected chi connectivity index (χ1v) is 9.80. The fourth-order valence-electron chi connectivity index (χ4n) is 3.53. The summed E-state index contributed by atoms with van der Waals surface area (Å²) in [4.78, 5) is 2.45. The zero-order chi connectivity index (χ0) is 17.6. The van der Waals surface area contributed by atoms with E-state index in [0.29, 0.717) is 6.61 Å². The molecule has 4 heteroatoms. The van der Waals surface area contributed by atoms with E-state index in [1.807, 2.05) is 13.0 Å². The molecule has 3 nitrogen and oxygen atoms in total. The highest BCUT2D eigenvalue weighted by molar-refractivity contribution is 9.10. The minimum atomic E-state index is -0.225. The molecule has 1 aliphatic heterocycles. The first-order chi connectivity index (χ1) is 12.2. The van der Waals surface area contributed by atoms with Gasteiger partial charge in [-0.3, -0.25) is 4.90 Å². The van der Waals surface area contributed by atoms with Crippen LogP contribution >= 0.6 is 15.9 Å². The van der Waals surface area contributed by atoms with Gasteiger partial charge in [0.25, 0.3) is 0 Å². The van der Waals surface area contributed by atoms with Crippen LogP contribution in [0, 0.1) is 5.92 Å². The molecule has 0 aromatic heterocycles. The van der Waals surface area contributed by atoms with Crippen LogP contribution in [0.15, 0.2) is 53.0 Å². The Labute approximate surface area is 158 Å². The molecule has 0 bridgehead atoms. The van der Waals surface area contributed by atoms with Gasteiger partial charge in [0.2, 0.25) is 0 Å². The summed E-state index contributed by atoms with van der Waals surface area (Å²) in [7, 11) is 0. The number of aliphatic hydroxyl groups excluding tert-OH is 1. The van der Waals surface area contributed by atoms with Crippen LogP contribution in [0.4, 0.5) is 0 Å². The third-order valence-electron chi connectivity index (χ3n) is 4.82. The number of hydrogen-bond acceptors (Lipinski definition) is 3. The fourth-order valence-corrected chi connectivity index (χ4v) is 4.07. The molecule has 3 rings (SSSR count). The summed E-state index contributed by atoms with van der Waals surface area (Å²) in [6.07, 6.45) is 1.50. The highest BCUT2D eigenvalue weighted by Gasteiger charge is 2.28. The number of halogens is 1. The van der Waals surface area contributed by atoms with E-state index >= 15 is 0 Å². The summed E-state index contributed by atoms with van der Waals surface area (Å²) < 4.78 is 6.57. The third kappa shape index (κ3) is 5.06. The van der Waals surface area contributed by atoms with Gasteiger partial charge in [0.05, 0.1) is 17.2 Å². The van der Waals surface area contributed by atoms with Gasteiger partial charge >= 0.3 is 0 Å². The summed E-state index contributed by atoms with van der Waals surface area (Å²) in [5, 5.41) is 10.5. The molecular weight excluding hydrogens is 378 g/mol. The van der Waals surface area contributed by atoms with Gasteiger partial charge in [-0.05, 0) is 59.0 Å². The van der Waals surface area contributed by atoms with E-state index in [0.717, 1.165) is 42.7 Å². The molecule has 25 heavy (non-hydrogen) atoms. The molecule has 2 aromatic rings. The van der Waals surface area contributed by atoms with Crippen LogP contribution in [0.2, 0.25) is 0 Å². The molecule has 134 valence electrons. The second kappa shape index (κ2) is 8.84. The van der Waals surface area contributed by atoms with E-state index in [1.54, 1.807) is 0 Å². The van der Waals surface area contributed by atoms with Crippen molar-refractivity contribution in [2.75, 3.05) is 19.7 Å². The van der Waals surface area contributed by atoms with Gasteiger partial charge in [-0.1, -0.05) is 36.4 Å². The summed E-state index contributed by atoms with van der Waals surface area (Å²) in [5.41, 5.74) is 2.57. The van der Waals surface area contributed by atoms with Crippen LogP contribution in [-0.2, 0) is 13.0 Å². The lowest BCUT2D eigenvalue weighted by Crippen LogP contribution is -2.43. The molecule has 0 amide bonds. The predicted octanol–water partition coefficient (Wildman–Crippen LogP) is 4.27. The Balaban J connectivity index is 1.63. The molecule has 1 fully saturated rings. The van der Waals surface area contributed by atoms with Crippen molar-refractivity contribution in [3.63, 3.8) is 0 Å². The smallest absolute Gasteiger partial charge is 0.133 e. The number of rotatable bonds is 6. The van der Waals surface area contributed by atoms with E-state index in [4.69, 9.17) is 4.74 Å². The quantitative estimate of drug-likeness (QED) is 0.781. The number of hydrogen-bond donors (Lipinski definition) is 1. The molecule has 0 radical (unpaired) electrons. The van der Waals surface area contributed by atoms with E-state index in [2.05, 4.69) is 63.3 Å². The van der Waals surface area contributed by atoms with Gasteiger partial charge in [-0.2, -0.15) is 0 Å². The summed E-state index contributed by atoms with van der Waals surface area (Å²) in [6, 6.07) is 16.8. The Morgan fingerprint density at radius 1 is 1.16 bits per heavy atom. The monoisotopic (exact) mass is 403 g/mol. The Morgan fingerprint density at radius 3 is 2.68 bits per heavy atom. The molecule has 1 saturated heterocycles. The van der Waals surface area contributed by atoms with Crippen molar-refractivity contribution in [3.05, 3.63) is 64.1 Å². The standard InChI is InChI=1S/C21H26BrNO2/c1-2-25-21-9-8-17(13-19(21)22)12-18-15-23(11-10-20(18)24)14-16-6-4-3-5-7-16/h3-9,13,18,20,24H,2,10-12,14-15H2,1H3. The van der Waals surface area contributed by atoms with Crippen LogP contribution in [0.3, 0.4) is 0 Å². The second-order valence-corrected chi connectivity index (χ2v) is 7.59. The maximum atomic E-state index is 10.5. The maximum absolute atomic E-state index is 10.5. The lowest BCUT2D eigenvalue weighted by molar-refractivity contribution is 0.0239. The van der Waals surface area contributed by atoms with Crippen molar-refractivity contribution >= 4 is 15.9 Å². The second-order valence-electron chi connectivity index (χ2n) is 6.74. The zero-order valence-corrected chi connectivity index (χ0v) is 16.3.